The van der Waals surface area contributed by atoms with Crippen LogP contribution in [0.3, 0.4) is 0 Å². The predicted molar refractivity (Wildman–Crippen MR) is 97.6 cm³/mol. The molecule has 1 amide bonds. The van der Waals surface area contributed by atoms with Gasteiger partial charge >= 0.3 is 0 Å². The third kappa shape index (κ3) is 4.06. The van der Waals surface area contributed by atoms with E-state index in [1.54, 1.807) is 0 Å². The van der Waals surface area contributed by atoms with Crippen LogP contribution in [0.2, 0.25) is 0 Å². The number of nitrogens with zero attached hydrogens (tertiary/aromatic N) is 1. The summed E-state index contributed by atoms with van der Waals surface area (Å²) >= 11 is 0. The van der Waals surface area contributed by atoms with Crippen LogP contribution in [0, 0.1) is 0 Å². The smallest absolute Gasteiger partial charge is 0.231 e. The highest BCUT2D eigenvalue weighted by molar-refractivity contribution is 5.77. The van der Waals surface area contributed by atoms with Gasteiger partial charge in [0.05, 0.1) is 6.10 Å². The van der Waals surface area contributed by atoms with Crippen LogP contribution in [0.25, 0.3) is 0 Å². The molecule has 0 bridgehead atoms. The number of benzene rings is 1. The summed E-state index contributed by atoms with van der Waals surface area (Å²) in [5.41, 5.74) is 0. The first-order valence-electron chi connectivity index (χ1n) is 9.73. The lowest BCUT2D eigenvalue weighted by atomic mass is 9.92. The van der Waals surface area contributed by atoms with Crippen molar-refractivity contribution in [2.24, 2.45) is 0 Å². The third-order valence-electron chi connectivity index (χ3n) is 5.78. The molecule has 1 aliphatic carbocycles. The van der Waals surface area contributed by atoms with Gasteiger partial charge in [-0.15, -0.1) is 0 Å². The SMILES string of the molecule is CN1CCCC1CC(=O)NC1CCC(Oc2ccc3c(c2)OCO3)CC1. The second-order valence-electron chi connectivity index (χ2n) is 7.65. The monoisotopic (exact) mass is 360 g/mol. The number of carbonyl (C=O) groups is 1. The zero-order valence-electron chi connectivity index (χ0n) is 15.4. The molecule has 0 aromatic heterocycles. The van der Waals surface area contributed by atoms with Crippen LogP contribution in [0.15, 0.2) is 18.2 Å². The van der Waals surface area contributed by atoms with E-state index in [0.29, 0.717) is 12.5 Å². The van der Waals surface area contributed by atoms with Crippen molar-refractivity contribution in [1.82, 2.24) is 10.2 Å². The fraction of sp³-hybridized carbons (Fsp3) is 0.650. The maximum absolute atomic E-state index is 12.3. The lowest BCUT2D eigenvalue weighted by molar-refractivity contribution is -0.123. The van der Waals surface area contributed by atoms with E-state index in [-0.39, 0.29) is 24.8 Å². The minimum Gasteiger partial charge on any atom is -0.490 e. The molecular formula is C20H28N2O4. The zero-order valence-corrected chi connectivity index (χ0v) is 15.4. The minimum absolute atomic E-state index is 0.198. The van der Waals surface area contributed by atoms with Crippen LogP contribution >= 0.6 is 0 Å². The summed E-state index contributed by atoms with van der Waals surface area (Å²) in [4.78, 5) is 14.6. The number of fused-ring (bicyclic) bond motifs is 1. The molecule has 1 aromatic rings. The predicted octanol–water partition coefficient (Wildman–Crippen LogP) is 2.71. The van der Waals surface area contributed by atoms with Gasteiger partial charge in [0, 0.05) is 24.6 Å². The number of amides is 1. The van der Waals surface area contributed by atoms with Gasteiger partial charge in [0.25, 0.3) is 0 Å². The minimum atomic E-state index is 0.198. The van der Waals surface area contributed by atoms with Gasteiger partial charge in [-0.2, -0.15) is 0 Å². The van der Waals surface area contributed by atoms with Crippen LogP contribution in [-0.2, 0) is 4.79 Å². The average Bonchev–Trinajstić information content (AvgIpc) is 3.25. The first-order valence-corrected chi connectivity index (χ1v) is 9.73. The van der Waals surface area contributed by atoms with E-state index in [1.807, 2.05) is 18.2 Å². The fourth-order valence-corrected chi connectivity index (χ4v) is 4.21. The number of carbonyl (C=O) groups excluding carboxylic acids is 1. The Balaban J connectivity index is 1.21. The zero-order chi connectivity index (χ0) is 17.9. The highest BCUT2D eigenvalue weighted by Gasteiger charge is 2.27. The molecule has 1 N–H and O–H groups in total. The van der Waals surface area contributed by atoms with E-state index in [9.17, 15) is 4.79 Å². The number of likely N-dealkylation sites (tertiary alicyclic amines) is 1. The highest BCUT2D eigenvalue weighted by Crippen LogP contribution is 2.36. The summed E-state index contributed by atoms with van der Waals surface area (Å²) in [6, 6.07) is 6.42. The largest absolute Gasteiger partial charge is 0.490 e. The summed E-state index contributed by atoms with van der Waals surface area (Å²) in [7, 11) is 2.11. The van der Waals surface area contributed by atoms with Crippen molar-refractivity contribution >= 4 is 5.91 Å². The molecule has 4 rings (SSSR count). The molecule has 2 heterocycles. The molecule has 1 saturated heterocycles. The summed E-state index contributed by atoms with van der Waals surface area (Å²) in [6.07, 6.45) is 7.04. The molecule has 0 radical (unpaired) electrons. The van der Waals surface area contributed by atoms with Crippen molar-refractivity contribution < 1.29 is 19.0 Å². The molecule has 2 fully saturated rings. The lowest BCUT2D eigenvalue weighted by Crippen LogP contribution is -2.41. The van der Waals surface area contributed by atoms with E-state index < -0.39 is 0 Å². The highest BCUT2D eigenvalue weighted by atomic mass is 16.7. The Morgan fingerprint density at radius 2 is 2.00 bits per heavy atom. The molecule has 0 spiro atoms. The van der Waals surface area contributed by atoms with Gasteiger partial charge in [0.15, 0.2) is 11.5 Å². The molecule has 142 valence electrons. The summed E-state index contributed by atoms with van der Waals surface area (Å²) < 4.78 is 16.8. The first-order chi connectivity index (χ1) is 12.7. The average molecular weight is 360 g/mol. The van der Waals surface area contributed by atoms with Gasteiger partial charge in [0.2, 0.25) is 12.7 Å². The number of hydrogen-bond acceptors (Lipinski definition) is 5. The molecule has 1 unspecified atom stereocenters. The lowest BCUT2D eigenvalue weighted by Gasteiger charge is -2.30. The second kappa shape index (κ2) is 7.74. The quantitative estimate of drug-likeness (QED) is 0.875. The summed E-state index contributed by atoms with van der Waals surface area (Å²) in [6.45, 7) is 1.39. The maximum atomic E-state index is 12.3. The van der Waals surface area contributed by atoms with Crippen LogP contribution in [0.1, 0.15) is 44.9 Å². The van der Waals surface area contributed by atoms with E-state index in [1.165, 1.54) is 6.42 Å². The Kier molecular flexibility index (Phi) is 5.20. The Labute approximate surface area is 154 Å². The Morgan fingerprint density at radius 3 is 2.77 bits per heavy atom. The van der Waals surface area contributed by atoms with Gasteiger partial charge in [-0.1, -0.05) is 0 Å². The number of nitrogens with one attached hydrogen (secondary N) is 1. The molecule has 6 heteroatoms. The van der Waals surface area contributed by atoms with Crippen molar-refractivity contribution in [1.29, 1.82) is 0 Å². The van der Waals surface area contributed by atoms with Crippen molar-refractivity contribution in [2.45, 2.75) is 63.1 Å². The standard InChI is InChI=1S/C20H28N2O4/c1-22-10-2-3-15(22)11-20(23)21-14-4-6-16(7-5-14)26-17-8-9-18-19(12-17)25-13-24-18/h8-9,12,14-16H,2-7,10-11,13H2,1H3,(H,21,23). The Bertz CT molecular complexity index is 643. The third-order valence-corrected chi connectivity index (χ3v) is 5.78. The summed E-state index contributed by atoms with van der Waals surface area (Å²) in [5, 5.41) is 3.23. The van der Waals surface area contributed by atoms with Gasteiger partial charge in [0.1, 0.15) is 5.75 Å². The van der Waals surface area contributed by atoms with Gasteiger partial charge in [-0.05, 0) is 64.3 Å². The molecule has 1 aromatic carbocycles. The molecule has 26 heavy (non-hydrogen) atoms. The molecule has 2 aliphatic heterocycles. The van der Waals surface area contributed by atoms with E-state index in [0.717, 1.165) is 55.9 Å². The van der Waals surface area contributed by atoms with Crippen LogP contribution < -0.4 is 19.5 Å². The number of rotatable bonds is 5. The summed E-state index contributed by atoms with van der Waals surface area (Å²) in [5.74, 6) is 2.55. The number of hydrogen-bond donors (Lipinski definition) is 1. The van der Waals surface area contributed by atoms with Gasteiger partial charge < -0.3 is 24.4 Å². The van der Waals surface area contributed by atoms with Crippen LogP contribution in [-0.4, -0.2) is 49.4 Å². The van der Waals surface area contributed by atoms with Gasteiger partial charge in [-0.25, -0.2) is 0 Å². The first kappa shape index (κ1) is 17.5. The Hall–Kier alpha value is -1.95. The maximum Gasteiger partial charge on any atom is 0.231 e. The molecular weight excluding hydrogens is 332 g/mol. The topological polar surface area (TPSA) is 60.0 Å². The molecule has 1 saturated carbocycles. The van der Waals surface area contributed by atoms with Crippen molar-refractivity contribution in [3.8, 4) is 17.2 Å². The normalized spacial score (nSPS) is 28.1. The number of ether oxygens (including phenoxy) is 3. The van der Waals surface area contributed by atoms with Gasteiger partial charge in [-0.3, -0.25) is 4.79 Å². The Morgan fingerprint density at radius 1 is 1.19 bits per heavy atom. The molecule has 3 aliphatic rings. The molecule has 1 atom stereocenters. The van der Waals surface area contributed by atoms with E-state index in [2.05, 4.69) is 17.3 Å². The van der Waals surface area contributed by atoms with Crippen LogP contribution in [0.4, 0.5) is 0 Å². The fourth-order valence-electron chi connectivity index (χ4n) is 4.21. The van der Waals surface area contributed by atoms with E-state index >= 15 is 0 Å². The molecule has 6 nitrogen and oxygen atoms in total. The van der Waals surface area contributed by atoms with Crippen LogP contribution in [0.5, 0.6) is 17.2 Å². The van der Waals surface area contributed by atoms with E-state index in [4.69, 9.17) is 14.2 Å². The van der Waals surface area contributed by atoms with Crippen molar-refractivity contribution in [3.05, 3.63) is 18.2 Å². The second-order valence-corrected chi connectivity index (χ2v) is 7.65. The van der Waals surface area contributed by atoms with Crippen molar-refractivity contribution in [2.75, 3.05) is 20.4 Å². The van der Waals surface area contributed by atoms with Crippen molar-refractivity contribution in [3.63, 3.8) is 0 Å².